The topological polar surface area (TPSA) is 97.6 Å². The zero-order valence-corrected chi connectivity index (χ0v) is 23.3. The fraction of sp³-hybridized carbons (Fsp3) is 0.448. The molecule has 0 saturated carbocycles. The van der Waals surface area contributed by atoms with Crippen LogP contribution in [0.4, 0.5) is 0 Å². The Balaban J connectivity index is 0.00000353. The van der Waals surface area contributed by atoms with Crippen molar-refractivity contribution in [1.82, 2.24) is 14.8 Å². The number of nitrogens with zero attached hydrogens (tertiary/aromatic N) is 3. The first-order chi connectivity index (χ1) is 18.6. The number of hydrogen-bond donors (Lipinski definition) is 2. The van der Waals surface area contributed by atoms with Crippen LogP contribution in [0.5, 0.6) is 17.2 Å². The van der Waals surface area contributed by atoms with Crippen molar-refractivity contribution in [2.45, 2.75) is 45.3 Å². The first-order valence-corrected chi connectivity index (χ1v) is 13.4. The van der Waals surface area contributed by atoms with Gasteiger partial charge in [-0.25, -0.2) is 0 Å². The van der Waals surface area contributed by atoms with Crippen LogP contribution in [0.3, 0.4) is 0 Å². The summed E-state index contributed by atoms with van der Waals surface area (Å²) in [6.45, 7) is 7.25. The summed E-state index contributed by atoms with van der Waals surface area (Å²) < 4.78 is 18.6. The molecule has 10 heteroatoms. The standard InChI is InChI=1S/C29H36N4O5.ClH/c1-3-25(31-35)24-17-22(36-2)18-26-23(24)5-7-29(34)33(26)13-12-32-10-8-21(9-11-32)30-19-20-4-6-27-28(16-20)38-15-14-37-27;/h4-7,16-18,21,30,35H,3,8-15,19H2,1-2H3;1H/b31-25+;. The lowest BCUT2D eigenvalue weighted by Crippen LogP contribution is -2.43. The molecule has 2 aromatic carbocycles. The van der Waals surface area contributed by atoms with Gasteiger partial charge in [0.2, 0.25) is 0 Å². The molecule has 3 heterocycles. The maximum Gasteiger partial charge on any atom is 0.251 e. The molecule has 2 aliphatic heterocycles. The molecule has 2 N–H and O–H groups in total. The van der Waals surface area contributed by atoms with E-state index in [0.717, 1.165) is 67.0 Å². The van der Waals surface area contributed by atoms with Gasteiger partial charge in [-0.1, -0.05) is 18.1 Å². The molecule has 0 atom stereocenters. The lowest BCUT2D eigenvalue weighted by atomic mass is 10.0. The van der Waals surface area contributed by atoms with Gasteiger partial charge >= 0.3 is 0 Å². The molecule has 0 spiro atoms. The summed E-state index contributed by atoms with van der Waals surface area (Å²) >= 11 is 0. The highest BCUT2D eigenvalue weighted by atomic mass is 35.5. The normalized spacial score (nSPS) is 16.2. The second-order valence-corrected chi connectivity index (χ2v) is 9.81. The Morgan fingerprint density at radius 3 is 2.56 bits per heavy atom. The number of methoxy groups -OCH3 is 1. The van der Waals surface area contributed by atoms with Crippen LogP contribution in [0, 0.1) is 0 Å². The van der Waals surface area contributed by atoms with Crippen molar-refractivity contribution in [3.63, 3.8) is 0 Å². The lowest BCUT2D eigenvalue weighted by molar-refractivity contribution is 0.171. The maximum atomic E-state index is 12.9. The number of piperidine rings is 1. The van der Waals surface area contributed by atoms with Crippen molar-refractivity contribution in [3.05, 3.63) is 63.9 Å². The fourth-order valence-electron chi connectivity index (χ4n) is 5.34. The molecule has 9 nitrogen and oxygen atoms in total. The summed E-state index contributed by atoms with van der Waals surface area (Å²) in [5, 5.41) is 17.6. The maximum absolute atomic E-state index is 12.9. The van der Waals surface area contributed by atoms with Gasteiger partial charge in [-0.3, -0.25) is 4.79 Å². The van der Waals surface area contributed by atoms with Gasteiger partial charge in [0, 0.05) is 48.8 Å². The third-order valence-electron chi connectivity index (χ3n) is 7.51. The predicted octanol–water partition coefficient (Wildman–Crippen LogP) is 4.05. The van der Waals surface area contributed by atoms with E-state index in [0.29, 0.717) is 43.7 Å². The van der Waals surface area contributed by atoms with E-state index in [4.69, 9.17) is 14.2 Å². The third-order valence-corrected chi connectivity index (χ3v) is 7.51. The largest absolute Gasteiger partial charge is 0.497 e. The van der Waals surface area contributed by atoms with Crippen LogP contribution in [-0.2, 0) is 13.1 Å². The Labute approximate surface area is 234 Å². The average Bonchev–Trinajstić information content (AvgIpc) is 2.96. The number of aromatic nitrogens is 1. The van der Waals surface area contributed by atoms with E-state index in [2.05, 4.69) is 27.5 Å². The number of fused-ring (bicyclic) bond motifs is 2. The molecule has 0 aliphatic carbocycles. The number of likely N-dealkylation sites (tertiary alicyclic amines) is 1. The highest BCUT2D eigenvalue weighted by Crippen LogP contribution is 2.31. The Kier molecular flexibility index (Phi) is 9.72. The molecule has 3 aromatic rings. The van der Waals surface area contributed by atoms with Crippen molar-refractivity contribution in [2.75, 3.05) is 40.0 Å². The highest BCUT2D eigenvalue weighted by Gasteiger charge is 2.20. The summed E-state index contributed by atoms with van der Waals surface area (Å²) in [5.41, 5.74) is 3.27. The molecule has 1 aromatic heterocycles. The Hall–Kier alpha value is -3.27. The number of pyridine rings is 1. The molecular formula is C29H37ClN4O5. The van der Waals surface area contributed by atoms with E-state index in [1.54, 1.807) is 17.7 Å². The summed E-state index contributed by atoms with van der Waals surface area (Å²) in [6.07, 6.45) is 2.68. The quantitative estimate of drug-likeness (QED) is 0.233. The van der Waals surface area contributed by atoms with Crippen molar-refractivity contribution in [2.24, 2.45) is 5.16 Å². The zero-order valence-electron chi connectivity index (χ0n) is 22.5. The van der Waals surface area contributed by atoms with Gasteiger partial charge in [-0.05, 0) is 62.2 Å². The highest BCUT2D eigenvalue weighted by molar-refractivity contribution is 6.10. The van der Waals surface area contributed by atoms with E-state index < -0.39 is 0 Å². The summed E-state index contributed by atoms with van der Waals surface area (Å²) in [7, 11) is 1.60. The Bertz CT molecular complexity index is 1370. The predicted molar refractivity (Wildman–Crippen MR) is 154 cm³/mol. The van der Waals surface area contributed by atoms with Gasteiger partial charge < -0.3 is 34.2 Å². The summed E-state index contributed by atoms with van der Waals surface area (Å²) in [4.78, 5) is 15.3. The second-order valence-electron chi connectivity index (χ2n) is 9.81. The Morgan fingerprint density at radius 2 is 1.85 bits per heavy atom. The van der Waals surface area contributed by atoms with Crippen molar-refractivity contribution in [1.29, 1.82) is 0 Å². The van der Waals surface area contributed by atoms with Gasteiger partial charge in [-0.2, -0.15) is 0 Å². The van der Waals surface area contributed by atoms with Crippen molar-refractivity contribution < 1.29 is 19.4 Å². The molecule has 0 bridgehead atoms. The van der Waals surface area contributed by atoms with Crippen molar-refractivity contribution in [3.8, 4) is 17.2 Å². The molecule has 0 unspecified atom stereocenters. The first kappa shape index (κ1) is 28.7. The number of nitrogens with one attached hydrogen (secondary N) is 1. The minimum Gasteiger partial charge on any atom is -0.497 e. The monoisotopic (exact) mass is 556 g/mol. The summed E-state index contributed by atoms with van der Waals surface area (Å²) in [6, 6.07) is 13.7. The SMILES string of the molecule is CC/C(=N\O)c1cc(OC)cc2c1ccc(=O)n2CCN1CCC(NCc2ccc3c(c2)OCCO3)CC1.Cl. The lowest BCUT2D eigenvalue weighted by Gasteiger charge is -2.32. The number of benzene rings is 2. The molecule has 5 rings (SSSR count). The van der Waals surface area contributed by atoms with Gasteiger partial charge in [0.25, 0.3) is 5.56 Å². The van der Waals surface area contributed by atoms with Crippen LogP contribution in [0.25, 0.3) is 10.9 Å². The minimum absolute atomic E-state index is 0. The van der Waals surface area contributed by atoms with Crippen molar-refractivity contribution >= 4 is 29.0 Å². The van der Waals surface area contributed by atoms with Crippen LogP contribution in [-0.4, -0.2) is 66.4 Å². The fourth-order valence-corrected chi connectivity index (χ4v) is 5.34. The van der Waals surface area contributed by atoms with E-state index in [1.165, 1.54) is 5.56 Å². The molecule has 210 valence electrons. The Morgan fingerprint density at radius 1 is 1.08 bits per heavy atom. The second kappa shape index (κ2) is 13.2. The van der Waals surface area contributed by atoms with E-state index >= 15 is 0 Å². The first-order valence-electron chi connectivity index (χ1n) is 13.4. The number of hydrogen-bond acceptors (Lipinski definition) is 8. The molecule has 1 saturated heterocycles. The molecule has 0 amide bonds. The smallest absolute Gasteiger partial charge is 0.251 e. The van der Waals surface area contributed by atoms with Crippen LogP contribution in [0.15, 0.2) is 52.4 Å². The van der Waals surface area contributed by atoms with Gasteiger partial charge in [0.15, 0.2) is 11.5 Å². The van der Waals surface area contributed by atoms with Crippen LogP contribution in [0.2, 0.25) is 0 Å². The van der Waals surface area contributed by atoms with Crippen LogP contribution in [0.1, 0.15) is 37.3 Å². The number of oxime groups is 1. The average molecular weight is 557 g/mol. The van der Waals surface area contributed by atoms with Gasteiger partial charge in [0.1, 0.15) is 19.0 Å². The van der Waals surface area contributed by atoms with Gasteiger partial charge in [0.05, 0.1) is 18.3 Å². The third kappa shape index (κ3) is 6.49. The van der Waals surface area contributed by atoms with Crippen LogP contribution < -0.4 is 25.1 Å². The summed E-state index contributed by atoms with van der Waals surface area (Å²) in [5.74, 6) is 2.28. The molecule has 0 radical (unpaired) electrons. The molecular weight excluding hydrogens is 520 g/mol. The van der Waals surface area contributed by atoms with Crippen LogP contribution >= 0.6 is 12.4 Å². The van der Waals surface area contributed by atoms with E-state index in [1.807, 2.05) is 31.2 Å². The molecule has 39 heavy (non-hydrogen) atoms. The number of ether oxygens (including phenoxy) is 3. The minimum atomic E-state index is -0.0494. The van der Waals surface area contributed by atoms with E-state index in [-0.39, 0.29) is 18.0 Å². The van der Waals surface area contributed by atoms with Gasteiger partial charge in [-0.15, -0.1) is 12.4 Å². The molecule has 1 fully saturated rings. The number of rotatable bonds is 9. The zero-order chi connectivity index (χ0) is 26.5. The molecule has 2 aliphatic rings. The number of halogens is 1. The van der Waals surface area contributed by atoms with E-state index in [9.17, 15) is 10.0 Å².